The minimum atomic E-state index is -0.716. The Morgan fingerprint density at radius 2 is 2.21 bits per heavy atom. The molecule has 0 unspecified atom stereocenters. The highest BCUT2D eigenvalue weighted by atomic mass is 35.5. The maximum absolute atomic E-state index is 13.1. The van der Waals surface area contributed by atoms with E-state index in [4.69, 9.17) is 20.8 Å². The molecule has 2 amide bonds. The highest BCUT2D eigenvalue weighted by molar-refractivity contribution is 6.30. The van der Waals surface area contributed by atoms with E-state index < -0.39 is 17.4 Å². The molecule has 2 aromatic rings. The van der Waals surface area contributed by atoms with Crippen molar-refractivity contribution in [2.45, 2.75) is 24.8 Å². The molecule has 0 saturated carbocycles. The first-order chi connectivity index (χ1) is 13.6. The van der Waals surface area contributed by atoms with Crippen LogP contribution >= 0.6 is 11.6 Å². The lowest BCUT2D eigenvalue weighted by molar-refractivity contribution is -0.138. The highest BCUT2D eigenvalue weighted by Gasteiger charge is 2.66. The molecular formula is C21H19ClN2O4. The van der Waals surface area contributed by atoms with Crippen molar-refractivity contribution in [2.75, 3.05) is 6.54 Å². The van der Waals surface area contributed by atoms with Gasteiger partial charge in [0.25, 0.3) is 0 Å². The van der Waals surface area contributed by atoms with Gasteiger partial charge in [-0.1, -0.05) is 35.9 Å². The van der Waals surface area contributed by atoms with E-state index >= 15 is 0 Å². The van der Waals surface area contributed by atoms with E-state index in [0.717, 1.165) is 5.56 Å². The molecule has 2 fully saturated rings. The summed E-state index contributed by atoms with van der Waals surface area (Å²) in [5.41, 5.74) is 0.194. The van der Waals surface area contributed by atoms with Gasteiger partial charge in [0.2, 0.25) is 11.8 Å². The molecule has 1 spiro atoms. The Kier molecular flexibility index (Phi) is 4.07. The summed E-state index contributed by atoms with van der Waals surface area (Å²) < 4.78 is 11.5. The molecule has 1 N–H and O–H groups in total. The predicted molar refractivity (Wildman–Crippen MR) is 101 cm³/mol. The molecule has 1 aromatic heterocycles. The predicted octanol–water partition coefficient (Wildman–Crippen LogP) is 2.53. The van der Waals surface area contributed by atoms with Crippen LogP contribution in [0.15, 0.2) is 59.2 Å². The van der Waals surface area contributed by atoms with Crippen LogP contribution in [0.5, 0.6) is 0 Å². The number of carbonyl (C=O) groups excluding carboxylic acids is 2. The molecule has 2 bridgehead atoms. The molecule has 0 radical (unpaired) electrons. The maximum atomic E-state index is 13.1. The van der Waals surface area contributed by atoms with Gasteiger partial charge >= 0.3 is 0 Å². The zero-order valence-corrected chi connectivity index (χ0v) is 15.8. The number of nitrogens with one attached hydrogen (secondary N) is 1. The Hall–Kier alpha value is -2.57. The molecular weight excluding hydrogens is 380 g/mol. The molecule has 144 valence electrons. The first kappa shape index (κ1) is 17.5. The average molecular weight is 399 g/mol. The number of furan rings is 1. The number of hydrogen-bond donors (Lipinski definition) is 1. The fourth-order valence-corrected chi connectivity index (χ4v) is 4.77. The van der Waals surface area contributed by atoms with Gasteiger partial charge in [-0.3, -0.25) is 9.59 Å². The van der Waals surface area contributed by atoms with E-state index in [0.29, 0.717) is 30.4 Å². The molecule has 4 atom stereocenters. The molecule has 28 heavy (non-hydrogen) atoms. The zero-order chi connectivity index (χ0) is 19.3. The lowest BCUT2D eigenvalue weighted by Gasteiger charge is -2.23. The van der Waals surface area contributed by atoms with Crippen LogP contribution in [-0.4, -0.2) is 35.0 Å². The Bertz CT molecular complexity index is 957. The van der Waals surface area contributed by atoms with E-state index in [-0.39, 0.29) is 17.9 Å². The van der Waals surface area contributed by atoms with Crippen LogP contribution in [0.4, 0.5) is 0 Å². The van der Waals surface area contributed by atoms with Crippen molar-refractivity contribution in [3.8, 4) is 0 Å². The number of ether oxygens (including phenoxy) is 1. The summed E-state index contributed by atoms with van der Waals surface area (Å²) in [7, 11) is 0. The minimum absolute atomic E-state index is 0.0637. The normalized spacial score (nSPS) is 30.1. The number of hydrogen-bond acceptors (Lipinski definition) is 4. The fourth-order valence-electron chi connectivity index (χ4n) is 4.56. The van der Waals surface area contributed by atoms with Crippen molar-refractivity contribution in [1.29, 1.82) is 0 Å². The summed E-state index contributed by atoms with van der Waals surface area (Å²) in [6.07, 6.45) is 5.08. The second-order valence-electron chi connectivity index (χ2n) is 7.52. The van der Waals surface area contributed by atoms with Gasteiger partial charge in [0.05, 0.1) is 37.3 Å². The summed E-state index contributed by atoms with van der Waals surface area (Å²) in [4.78, 5) is 27.8. The second kappa shape index (κ2) is 6.50. The third kappa shape index (κ3) is 2.75. The van der Waals surface area contributed by atoms with E-state index in [2.05, 4.69) is 5.32 Å². The summed E-state index contributed by atoms with van der Waals surface area (Å²) >= 11 is 6.00. The van der Waals surface area contributed by atoms with Crippen LogP contribution in [0.1, 0.15) is 11.3 Å². The van der Waals surface area contributed by atoms with E-state index in [1.54, 1.807) is 23.3 Å². The second-order valence-corrected chi connectivity index (χ2v) is 7.96. The number of carbonyl (C=O) groups is 2. The number of likely N-dealkylation sites (tertiary alicyclic amines) is 1. The Labute approximate surface area is 167 Å². The van der Waals surface area contributed by atoms with Crippen LogP contribution in [0.2, 0.25) is 5.02 Å². The standard InChI is InChI=1S/C21H19ClN2O4/c22-14-4-1-3-13(9-14)10-23-19(25)17-16-6-7-21(28-16)12-24(20(26)18(17)21)11-15-5-2-8-27-15/h1-9,16-18H,10-12H2,(H,23,25)/t16-,17+,18-,21-/m1/s1. The van der Waals surface area contributed by atoms with Crippen molar-refractivity contribution in [3.63, 3.8) is 0 Å². The number of rotatable bonds is 5. The van der Waals surface area contributed by atoms with Crippen LogP contribution in [0, 0.1) is 11.8 Å². The fraction of sp³-hybridized carbons (Fsp3) is 0.333. The first-order valence-electron chi connectivity index (χ1n) is 9.26. The van der Waals surface area contributed by atoms with Crippen molar-refractivity contribution >= 4 is 23.4 Å². The topological polar surface area (TPSA) is 71.8 Å². The average Bonchev–Trinajstić information content (AvgIpc) is 3.43. The summed E-state index contributed by atoms with van der Waals surface area (Å²) in [6, 6.07) is 11.0. The van der Waals surface area contributed by atoms with Gasteiger partial charge in [0.15, 0.2) is 0 Å². The molecule has 4 heterocycles. The Morgan fingerprint density at radius 3 is 3.00 bits per heavy atom. The number of halogens is 1. The lowest BCUT2D eigenvalue weighted by atomic mass is 9.77. The van der Waals surface area contributed by atoms with E-state index in [1.165, 1.54) is 0 Å². The molecule has 2 saturated heterocycles. The Balaban J connectivity index is 1.32. The molecule has 5 rings (SSSR count). The van der Waals surface area contributed by atoms with Gasteiger partial charge in [-0.05, 0) is 29.8 Å². The number of benzene rings is 1. The smallest absolute Gasteiger partial charge is 0.230 e. The van der Waals surface area contributed by atoms with Crippen LogP contribution in [0.3, 0.4) is 0 Å². The van der Waals surface area contributed by atoms with Crippen LogP contribution < -0.4 is 5.32 Å². The van der Waals surface area contributed by atoms with Crippen LogP contribution in [0.25, 0.3) is 0 Å². The molecule has 0 aliphatic carbocycles. The van der Waals surface area contributed by atoms with Crippen molar-refractivity contribution in [1.82, 2.24) is 10.2 Å². The molecule has 7 heteroatoms. The van der Waals surface area contributed by atoms with Gasteiger partial charge in [-0.2, -0.15) is 0 Å². The van der Waals surface area contributed by atoms with Gasteiger partial charge in [0, 0.05) is 11.6 Å². The largest absolute Gasteiger partial charge is 0.467 e. The number of fused-ring (bicyclic) bond motifs is 1. The third-order valence-electron chi connectivity index (χ3n) is 5.76. The van der Waals surface area contributed by atoms with E-state index in [9.17, 15) is 9.59 Å². The third-order valence-corrected chi connectivity index (χ3v) is 6.00. The minimum Gasteiger partial charge on any atom is -0.467 e. The van der Waals surface area contributed by atoms with Crippen molar-refractivity contribution < 1.29 is 18.7 Å². The summed E-state index contributed by atoms with van der Waals surface area (Å²) in [5, 5.41) is 3.56. The van der Waals surface area contributed by atoms with Crippen LogP contribution in [-0.2, 0) is 27.4 Å². The van der Waals surface area contributed by atoms with Gasteiger partial charge in [-0.15, -0.1) is 0 Å². The molecule has 1 aromatic carbocycles. The SMILES string of the molecule is O=C(NCc1cccc(Cl)c1)[C@H]1[C@H]2C=C[C@]3(CN(Cc4ccco4)C(=O)[C@@H]13)O2. The summed E-state index contributed by atoms with van der Waals surface area (Å²) in [6.45, 7) is 1.17. The quantitative estimate of drug-likeness (QED) is 0.785. The van der Waals surface area contributed by atoms with Gasteiger partial charge in [0.1, 0.15) is 11.4 Å². The first-order valence-corrected chi connectivity index (χ1v) is 9.64. The maximum Gasteiger partial charge on any atom is 0.230 e. The van der Waals surface area contributed by atoms with E-state index in [1.807, 2.05) is 36.4 Å². The molecule has 6 nitrogen and oxygen atoms in total. The van der Waals surface area contributed by atoms with Crippen molar-refractivity contribution in [3.05, 3.63) is 71.2 Å². The monoisotopic (exact) mass is 398 g/mol. The van der Waals surface area contributed by atoms with Gasteiger partial charge < -0.3 is 19.4 Å². The lowest BCUT2D eigenvalue weighted by Crippen LogP contribution is -2.43. The highest BCUT2D eigenvalue weighted by Crippen LogP contribution is 2.52. The Morgan fingerprint density at radius 1 is 1.32 bits per heavy atom. The molecule has 3 aliphatic rings. The number of nitrogens with zero attached hydrogens (tertiary/aromatic N) is 1. The van der Waals surface area contributed by atoms with Crippen molar-refractivity contribution in [2.24, 2.45) is 11.8 Å². The number of amides is 2. The summed E-state index contributed by atoms with van der Waals surface area (Å²) in [5.74, 6) is -0.555. The zero-order valence-electron chi connectivity index (χ0n) is 15.0. The van der Waals surface area contributed by atoms with Gasteiger partial charge in [-0.25, -0.2) is 0 Å². The molecule has 3 aliphatic heterocycles.